The van der Waals surface area contributed by atoms with Crippen molar-refractivity contribution >= 4 is 12.1 Å². The van der Waals surface area contributed by atoms with Gasteiger partial charge in [0.25, 0.3) is 5.91 Å². The molecule has 0 unspecified atom stereocenters. The summed E-state index contributed by atoms with van der Waals surface area (Å²) in [7, 11) is 1.53. The number of rotatable bonds is 7. The maximum atomic E-state index is 13.4. The molecule has 3 aromatic carbocycles. The smallest absolute Gasteiger partial charge is 0.461 e. The zero-order valence-corrected chi connectivity index (χ0v) is 20.9. The third-order valence-electron chi connectivity index (χ3n) is 6.58. The van der Waals surface area contributed by atoms with E-state index in [1.54, 1.807) is 12.1 Å². The van der Waals surface area contributed by atoms with Gasteiger partial charge in [0, 0.05) is 13.7 Å². The Hall–Kier alpha value is -3.88. The maximum Gasteiger partial charge on any atom is 0.509 e. The summed E-state index contributed by atoms with van der Waals surface area (Å²) in [6.45, 7) is 4.05. The van der Waals surface area contributed by atoms with Crippen molar-refractivity contribution in [3.8, 4) is 16.9 Å². The molecule has 1 N–H and O–H groups in total. The summed E-state index contributed by atoms with van der Waals surface area (Å²) >= 11 is 0. The minimum Gasteiger partial charge on any atom is -0.461 e. The van der Waals surface area contributed by atoms with E-state index >= 15 is 0 Å². The molecule has 37 heavy (non-hydrogen) atoms. The van der Waals surface area contributed by atoms with Crippen molar-refractivity contribution in [1.82, 2.24) is 5.32 Å². The second-order valence-electron chi connectivity index (χ2n) is 9.52. The van der Waals surface area contributed by atoms with Crippen LogP contribution in [-0.4, -0.2) is 49.4 Å². The van der Waals surface area contributed by atoms with Gasteiger partial charge in [0.2, 0.25) is 12.4 Å². The molecular weight excluding hydrogens is 474 g/mol. The largest absolute Gasteiger partial charge is 0.509 e. The molecule has 1 amide bonds. The van der Waals surface area contributed by atoms with Crippen LogP contribution in [0.15, 0.2) is 78.9 Å². The van der Waals surface area contributed by atoms with Gasteiger partial charge in [-0.15, -0.1) is 0 Å². The Morgan fingerprint density at radius 3 is 2.32 bits per heavy atom. The van der Waals surface area contributed by atoms with Crippen molar-refractivity contribution in [3.05, 3.63) is 90.0 Å². The molecule has 2 aliphatic heterocycles. The Bertz CT molecular complexity index is 1260. The standard InChI is InChI=1S/C29H29NO7/c1-29(2)25(33-3)23-24(36-28(32)35-23)27(37-29)34-20-14-15-21(19-12-8-5-9-13-19)22(16-20)26(31)30-17-18-10-6-4-7-11-18/h4-16,23-25,27H,17H2,1-3H3,(H,30,31)/t23-,24+,25+,27+/m0/s1. The van der Waals surface area contributed by atoms with E-state index in [-0.39, 0.29) is 5.91 Å². The molecular formula is C29H29NO7. The number of fused-ring (bicyclic) bond motifs is 1. The number of amides is 1. The number of benzene rings is 3. The minimum atomic E-state index is -0.958. The lowest BCUT2D eigenvalue weighted by atomic mass is 9.89. The summed E-state index contributed by atoms with van der Waals surface area (Å²) in [5.74, 6) is 0.147. The molecule has 8 heteroatoms. The Kier molecular flexibility index (Phi) is 6.86. The van der Waals surface area contributed by atoms with E-state index in [2.05, 4.69) is 5.32 Å². The first kappa shape index (κ1) is 24.8. The fourth-order valence-electron chi connectivity index (χ4n) is 4.83. The maximum absolute atomic E-state index is 13.4. The van der Waals surface area contributed by atoms with Crippen LogP contribution in [0.2, 0.25) is 0 Å². The van der Waals surface area contributed by atoms with Crippen LogP contribution in [-0.2, 0) is 25.5 Å². The van der Waals surface area contributed by atoms with Gasteiger partial charge in [-0.05, 0) is 48.7 Å². The zero-order valence-electron chi connectivity index (χ0n) is 20.9. The van der Waals surface area contributed by atoms with Crippen LogP contribution >= 0.6 is 0 Å². The van der Waals surface area contributed by atoms with Gasteiger partial charge in [-0.1, -0.05) is 60.7 Å². The lowest BCUT2D eigenvalue weighted by molar-refractivity contribution is -0.282. The van der Waals surface area contributed by atoms with E-state index in [1.165, 1.54) is 7.11 Å². The Morgan fingerprint density at radius 2 is 1.62 bits per heavy atom. The molecule has 2 heterocycles. The highest BCUT2D eigenvalue weighted by Gasteiger charge is 2.58. The average molecular weight is 504 g/mol. The molecule has 2 aliphatic rings. The lowest BCUT2D eigenvalue weighted by Gasteiger charge is -2.45. The van der Waals surface area contributed by atoms with Gasteiger partial charge in [-0.3, -0.25) is 4.79 Å². The van der Waals surface area contributed by atoms with Gasteiger partial charge in [-0.2, -0.15) is 0 Å². The van der Waals surface area contributed by atoms with Gasteiger partial charge in [-0.25, -0.2) is 4.79 Å². The number of carbonyl (C=O) groups is 2. The normalized spacial score (nSPS) is 23.9. The van der Waals surface area contributed by atoms with E-state index in [0.717, 1.165) is 16.7 Å². The van der Waals surface area contributed by atoms with E-state index in [0.29, 0.717) is 17.9 Å². The van der Waals surface area contributed by atoms with Gasteiger partial charge < -0.3 is 29.0 Å². The molecule has 0 radical (unpaired) electrons. The Morgan fingerprint density at radius 1 is 0.946 bits per heavy atom. The highest BCUT2D eigenvalue weighted by atomic mass is 16.8. The molecule has 2 fully saturated rings. The van der Waals surface area contributed by atoms with Gasteiger partial charge in [0.1, 0.15) is 11.9 Å². The van der Waals surface area contributed by atoms with Crippen molar-refractivity contribution in [2.24, 2.45) is 0 Å². The zero-order chi connectivity index (χ0) is 26.0. The van der Waals surface area contributed by atoms with Crippen LogP contribution in [0, 0.1) is 0 Å². The molecule has 4 atom stereocenters. The van der Waals surface area contributed by atoms with Crippen LogP contribution in [0.3, 0.4) is 0 Å². The number of carbonyl (C=O) groups excluding carboxylic acids is 2. The van der Waals surface area contributed by atoms with Crippen molar-refractivity contribution in [1.29, 1.82) is 0 Å². The third-order valence-corrected chi connectivity index (χ3v) is 6.58. The first-order valence-electron chi connectivity index (χ1n) is 12.1. The second-order valence-corrected chi connectivity index (χ2v) is 9.52. The molecule has 2 saturated heterocycles. The number of methoxy groups -OCH3 is 1. The van der Waals surface area contributed by atoms with Gasteiger partial charge >= 0.3 is 6.16 Å². The van der Waals surface area contributed by atoms with E-state index in [4.69, 9.17) is 23.7 Å². The van der Waals surface area contributed by atoms with Crippen molar-refractivity contribution < 1.29 is 33.3 Å². The van der Waals surface area contributed by atoms with Crippen molar-refractivity contribution in [2.45, 2.75) is 50.6 Å². The highest BCUT2D eigenvalue weighted by Crippen LogP contribution is 2.39. The first-order valence-corrected chi connectivity index (χ1v) is 12.1. The molecule has 0 aromatic heterocycles. The average Bonchev–Trinajstić information content (AvgIpc) is 3.29. The molecule has 0 bridgehead atoms. The predicted octanol–water partition coefficient (Wildman–Crippen LogP) is 4.72. The molecule has 192 valence electrons. The van der Waals surface area contributed by atoms with Crippen molar-refractivity contribution in [3.63, 3.8) is 0 Å². The molecule has 0 saturated carbocycles. The van der Waals surface area contributed by atoms with E-state index < -0.39 is 36.4 Å². The topological polar surface area (TPSA) is 92.3 Å². The Balaban J connectivity index is 1.43. The number of hydrogen-bond donors (Lipinski definition) is 1. The van der Waals surface area contributed by atoms with Crippen LogP contribution in [0.25, 0.3) is 11.1 Å². The summed E-state index contributed by atoms with van der Waals surface area (Å²) in [5.41, 5.74) is 2.27. The molecule has 8 nitrogen and oxygen atoms in total. The fourth-order valence-corrected chi connectivity index (χ4v) is 4.83. The van der Waals surface area contributed by atoms with Crippen LogP contribution < -0.4 is 10.1 Å². The fraction of sp³-hybridized carbons (Fsp3) is 0.310. The van der Waals surface area contributed by atoms with Crippen LogP contribution in [0.4, 0.5) is 4.79 Å². The number of hydrogen-bond acceptors (Lipinski definition) is 7. The lowest BCUT2D eigenvalue weighted by Crippen LogP contribution is -2.62. The summed E-state index contributed by atoms with van der Waals surface area (Å²) in [6.07, 6.45) is -3.81. The Labute approximate surface area is 215 Å². The SMILES string of the molecule is CO[C@@H]1[C@H]2OC(=O)O[C@H]2[C@H](Oc2ccc(-c3ccccc3)c(C(=O)NCc3ccccc3)c2)OC1(C)C. The summed E-state index contributed by atoms with van der Waals surface area (Å²) in [5, 5.41) is 2.99. The van der Waals surface area contributed by atoms with E-state index in [9.17, 15) is 9.59 Å². The van der Waals surface area contributed by atoms with Crippen LogP contribution in [0.5, 0.6) is 5.75 Å². The summed E-state index contributed by atoms with van der Waals surface area (Å²) < 4.78 is 28.6. The molecule has 0 aliphatic carbocycles. The number of ether oxygens (including phenoxy) is 5. The quantitative estimate of drug-likeness (QED) is 0.467. The van der Waals surface area contributed by atoms with Crippen molar-refractivity contribution in [2.75, 3.05) is 7.11 Å². The molecule has 5 rings (SSSR count). The summed E-state index contributed by atoms with van der Waals surface area (Å²) in [6, 6.07) is 24.6. The molecule has 0 spiro atoms. The summed E-state index contributed by atoms with van der Waals surface area (Å²) in [4.78, 5) is 25.3. The minimum absolute atomic E-state index is 0.244. The van der Waals surface area contributed by atoms with E-state index in [1.807, 2.05) is 80.6 Å². The first-order chi connectivity index (χ1) is 17.9. The van der Waals surface area contributed by atoms with Gasteiger partial charge in [0.05, 0.1) is 11.2 Å². The number of nitrogens with one attached hydrogen (secondary N) is 1. The monoisotopic (exact) mass is 503 g/mol. The predicted molar refractivity (Wildman–Crippen MR) is 135 cm³/mol. The second kappa shape index (κ2) is 10.2. The van der Waals surface area contributed by atoms with Gasteiger partial charge in [0.15, 0.2) is 6.10 Å². The molecule has 3 aromatic rings. The highest BCUT2D eigenvalue weighted by molar-refractivity contribution is 6.01. The third kappa shape index (κ3) is 5.16. The van der Waals surface area contributed by atoms with Crippen LogP contribution in [0.1, 0.15) is 29.8 Å².